The number of aromatic nitrogens is 11. The zero-order valence-corrected chi connectivity index (χ0v) is 16.8. The van der Waals surface area contributed by atoms with Crippen LogP contribution in [-0.4, -0.2) is 55.4 Å². The third-order valence-corrected chi connectivity index (χ3v) is 4.94. The zero-order chi connectivity index (χ0) is 22.0. The van der Waals surface area contributed by atoms with Crippen LogP contribution in [0.5, 0.6) is 0 Å². The molecule has 0 atom stereocenters. The van der Waals surface area contributed by atoms with Gasteiger partial charge in [0.1, 0.15) is 12.0 Å². The quantitative estimate of drug-likeness (QED) is 0.428. The van der Waals surface area contributed by atoms with Crippen LogP contribution in [0.1, 0.15) is 0 Å². The SMILES string of the molecule is c1ccc(-c2c(-c3cccnc3)nc(-n3ccnn3)c(-c3ncn[nH]3)c2-c2cnon2)nc1. The normalized spacial score (nSPS) is 11.0. The number of aromatic amines is 1. The lowest BCUT2D eigenvalue weighted by atomic mass is 9.92. The van der Waals surface area contributed by atoms with Crippen LogP contribution in [0.15, 0.2) is 78.5 Å². The molecule has 0 spiro atoms. The highest BCUT2D eigenvalue weighted by atomic mass is 16.6. The monoisotopic (exact) mass is 435 g/mol. The van der Waals surface area contributed by atoms with E-state index in [0.717, 1.165) is 5.56 Å². The first kappa shape index (κ1) is 18.6. The fraction of sp³-hybridized carbons (Fsp3) is 0. The van der Waals surface area contributed by atoms with Crippen molar-refractivity contribution in [3.05, 3.63) is 73.8 Å². The minimum atomic E-state index is 0.459. The van der Waals surface area contributed by atoms with E-state index in [0.29, 0.717) is 45.4 Å². The van der Waals surface area contributed by atoms with Crippen molar-refractivity contribution in [2.75, 3.05) is 0 Å². The Morgan fingerprint density at radius 3 is 2.58 bits per heavy atom. The summed E-state index contributed by atoms with van der Waals surface area (Å²) in [7, 11) is 0. The molecule has 0 aliphatic carbocycles. The molecule has 33 heavy (non-hydrogen) atoms. The number of rotatable bonds is 5. The molecule has 158 valence electrons. The molecule has 0 aliphatic rings. The van der Waals surface area contributed by atoms with Crippen molar-refractivity contribution < 1.29 is 4.63 Å². The molecule has 0 aromatic carbocycles. The minimum Gasteiger partial charge on any atom is -0.264 e. The Hall–Kier alpha value is -5.13. The van der Waals surface area contributed by atoms with Gasteiger partial charge in [-0.1, -0.05) is 16.4 Å². The van der Waals surface area contributed by atoms with E-state index in [9.17, 15) is 0 Å². The van der Waals surface area contributed by atoms with Gasteiger partial charge < -0.3 is 0 Å². The van der Waals surface area contributed by atoms with Gasteiger partial charge in [0.15, 0.2) is 11.6 Å². The Balaban J connectivity index is 1.83. The van der Waals surface area contributed by atoms with Crippen molar-refractivity contribution in [1.82, 2.24) is 55.4 Å². The number of nitrogens with one attached hydrogen (secondary N) is 1. The molecule has 1 N–H and O–H groups in total. The third-order valence-electron chi connectivity index (χ3n) is 4.94. The maximum Gasteiger partial charge on any atom is 0.167 e. The molecule has 0 bridgehead atoms. The maximum atomic E-state index is 5.00. The Bertz CT molecular complexity index is 1480. The van der Waals surface area contributed by atoms with Gasteiger partial charge in [0.05, 0.1) is 35.5 Å². The first-order chi connectivity index (χ1) is 16.4. The lowest BCUT2D eigenvalue weighted by Crippen LogP contribution is -2.08. The van der Waals surface area contributed by atoms with Crippen molar-refractivity contribution in [1.29, 1.82) is 0 Å². The summed E-state index contributed by atoms with van der Waals surface area (Å²) in [6.45, 7) is 0. The van der Waals surface area contributed by atoms with Gasteiger partial charge in [-0.05, 0) is 29.4 Å². The van der Waals surface area contributed by atoms with Crippen LogP contribution >= 0.6 is 0 Å². The largest absolute Gasteiger partial charge is 0.264 e. The van der Waals surface area contributed by atoms with Crippen molar-refractivity contribution >= 4 is 0 Å². The van der Waals surface area contributed by atoms with E-state index < -0.39 is 0 Å². The van der Waals surface area contributed by atoms with E-state index in [-0.39, 0.29) is 0 Å². The molecule has 6 heterocycles. The molecule has 6 aromatic rings. The predicted octanol–water partition coefficient (Wildman–Crippen LogP) is 2.62. The summed E-state index contributed by atoms with van der Waals surface area (Å²) in [5.74, 6) is 0.918. The molecule has 0 saturated carbocycles. The Morgan fingerprint density at radius 1 is 0.879 bits per heavy atom. The molecule has 12 nitrogen and oxygen atoms in total. The second-order valence-corrected chi connectivity index (χ2v) is 6.84. The Labute approximate surface area is 185 Å². The van der Waals surface area contributed by atoms with E-state index in [1.54, 1.807) is 35.7 Å². The van der Waals surface area contributed by atoms with Gasteiger partial charge in [-0.3, -0.25) is 15.1 Å². The number of nitrogens with zero attached hydrogens (tertiary/aromatic N) is 10. The molecule has 12 heteroatoms. The number of hydrogen-bond acceptors (Lipinski definition) is 10. The average Bonchev–Trinajstić information content (AvgIpc) is 3.67. The van der Waals surface area contributed by atoms with Gasteiger partial charge in [-0.2, -0.15) is 5.10 Å². The van der Waals surface area contributed by atoms with Crippen LogP contribution in [0.2, 0.25) is 0 Å². The molecule has 6 rings (SSSR count). The van der Waals surface area contributed by atoms with Crippen LogP contribution in [-0.2, 0) is 0 Å². The van der Waals surface area contributed by atoms with E-state index in [4.69, 9.17) is 9.61 Å². The summed E-state index contributed by atoms with van der Waals surface area (Å²) in [6.07, 6.45) is 11.4. The van der Waals surface area contributed by atoms with Crippen LogP contribution < -0.4 is 0 Å². The van der Waals surface area contributed by atoms with Gasteiger partial charge in [0.2, 0.25) is 0 Å². The predicted molar refractivity (Wildman–Crippen MR) is 114 cm³/mol. The molecule has 0 saturated heterocycles. The van der Waals surface area contributed by atoms with Gasteiger partial charge >= 0.3 is 0 Å². The summed E-state index contributed by atoms with van der Waals surface area (Å²) < 4.78 is 6.53. The van der Waals surface area contributed by atoms with Gasteiger partial charge in [-0.25, -0.2) is 19.3 Å². The van der Waals surface area contributed by atoms with Gasteiger partial charge in [0, 0.05) is 35.3 Å². The summed E-state index contributed by atoms with van der Waals surface area (Å²) >= 11 is 0. The Kier molecular flexibility index (Phi) is 4.43. The van der Waals surface area contributed by atoms with E-state index in [1.807, 2.05) is 30.3 Å². The van der Waals surface area contributed by atoms with E-state index in [2.05, 4.69) is 45.8 Å². The second kappa shape index (κ2) is 7.85. The highest BCUT2D eigenvalue weighted by molar-refractivity contribution is 5.99. The summed E-state index contributed by atoms with van der Waals surface area (Å²) in [5, 5.41) is 23.0. The van der Waals surface area contributed by atoms with Crippen LogP contribution in [0.25, 0.3) is 51.0 Å². The van der Waals surface area contributed by atoms with Crippen molar-refractivity contribution in [3.63, 3.8) is 0 Å². The summed E-state index contributed by atoms with van der Waals surface area (Å²) in [5.41, 5.74) is 4.47. The first-order valence-corrected chi connectivity index (χ1v) is 9.80. The lowest BCUT2D eigenvalue weighted by molar-refractivity contribution is 0.308. The molecule has 6 aromatic heterocycles. The number of H-pyrrole nitrogens is 1. The van der Waals surface area contributed by atoms with Crippen molar-refractivity contribution in [2.45, 2.75) is 0 Å². The van der Waals surface area contributed by atoms with E-state index >= 15 is 0 Å². The number of pyridine rings is 3. The highest BCUT2D eigenvalue weighted by Gasteiger charge is 2.29. The lowest BCUT2D eigenvalue weighted by Gasteiger charge is -2.18. The molecule has 0 unspecified atom stereocenters. The molecule has 0 aliphatic heterocycles. The fourth-order valence-corrected chi connectivity index (χ4v) is 3.61. The van der Waals surface area contributed by atoms with Crippen LogP contribution in [0.4, 0.5) is 0 Å². The molecule has 0 radical (unpaired) electrons. The molecular weight excluding hydrogens is 422 g/mol. The molecule has 0 amide bonds. The smallest absolute Gasteiger partial charge is 0.167 e. The highest BCUT2D eigenvalue weighted by Crippen LogP contribution is 2.44. The first-order valence-electron chi connectivity index (χ1n) is 9.80. The van der Waals surface area contributed by atoms with Crippen LogP contribution in [0, 0.1) is 0 Å². The Morgan fingerprint density at radius 2 is 1.88 bits per heavy atom. The van der Waals surface area contributed by atoms with E-state index in [1.165, 1.54) is 12.5 Å². The fourth-order valence-electron chi connectivity index (χ4n) is 3.61. The van der Waals surface area contributed by atoms with Gasteiger partial charge in [0.25, 0.3) is 0 Å². The van der Waals surface area contributed by atoms with Crippen molar-refractivity contribution in [3.8, 4) is 51.0 Å². The maximum absolute atomic E-state index is 5.00. The van der Waals surface area contributed by atoms with Crippen molar-refractivity contribution in [2.24, 2.45) is 0 Å². The topological polar surface area (TPSA) is 150 Å². The zero-order valence-electron chi connectivity index (χ0n) is 16.8. The summed E-state index contributed by atoms with van der Waals surface area (Å²) in [4.78, 5) is 18.3. The second-order valence-electron chi connectivity index (χ2n) is 6.84. The minimum absolute atomic E-state index is 0.459. The standard InChI is InChI=1S/C21H13N11O/c1-2-7-23-14(5-1)17-16(15-11-27-33-30-15)18(20-24-12-26-29-20)21(32-9-8-25-31-32)28-19(17)13-4-3-6-22-10-13/h1-12H,(H,24,26,29). The third kappa shape index (κ3) is 3.22. The molecular formula is C21H13N11O. The van der Waals surface area contributed by atoms with Gasteiger partial charge in [-0.15, -0.1) is 5.10 Å². The number of hydrogen-bond donors (Lipinski definition) is 1. The molecule has 0 fully saturated rings. The summed E-state index contributed by atoms with van der Waals surface area (Å²) in [6, 6.07) is 9.41. The average molecular weight is 435 g/mol. The van der Waals surface area contributed by atoms with Crippen LogP contribution in [0.3, 0.4) is 0 Å².